The van der Waals surface area contributed by atoms with Crippen molar-refractivity contribution in [1.29, 1.82) is 0 Å². The number of likely N-dealkylation sites (tertiary alicyclic amines) is 1. The number of hydrogen-bond acceptors (Lipinski definition) is 3. The molecule has 0 aromatic carbocycles. The van der Waals surface area contributed by atoms with Gasteiger partial charge >= 0.3 is 0 Å². The van der Waals surface area contributed by atoms with Crippen molar-refractivity contribution in [2.45, 2.75) is 26.3 Å². The molecule has 13 heavy (non-hydrogen) atoms. The van der Waals surface area contributed by atoms with Crippen LogP contribution in [-0.2, 0) is 9.59 Å². The summed E-state index contributed by atoms with van der Waals surface area (Å²) >= 11 is 0. The van der Waals surface area contributed by atoms with Gasteiger partial charge in [0, 0.05) is 19.4 Å². The molecule has 2 atom stereocenters. The van der Waals surface area contributed by atoms with E-state index in [0.29, 0.717) is 13.1 Å². The first kappa shape index (κ1) is 10.2. The van der Waals surface area contributed by atoms with E-state index >= 15 is 0 Å². The van der Waals surface area contributed by atoms with Crippen molar-refractivity contribution in [3.63, 3.8) is 0 Å². The molecule has 74 valence electrons. The first-order valence-corrected chi connectivity index (χ1v) is 4.55. The smallest absolute Gasteiger partial charge is 0.220 e. The van der Waals surface area contributed by atoms with Crippen molar-refractivity contribution in [2.24, 2.45) is 11.7 Å². The van der Waals surface area contributed by atoms with Gasteiger partial charge in [0.15, 0.2) is 5.78 Å². The first-order valence-electron chi connectivity index (χ1n) is 4.55. The Labute approximate surface area is 78.1 Å². The molecule has 1 saturated heterocycles. The van der Waals surface area contributed by atoms with Crippen LogP contribution in [0.5, 0.6) is 0 Å². The van der Waals surface area contributed by atoms with E-state index in [0.717, 1.165) is 6.42 Å². The Balaban J connectivity index is 2.78. The predicted octanol–water partition coefficient (Wildman–Crippen LogP) is -0.229. The van der Waals surface area contributed by atoms with Crippen LogP contribution in [0.4, 0.5) is 0 Å². The van der Waals surface area contributed by atoms with E-state index in [-0.39, 0.29) is 23.7 Å². The SMILES string of the molecule is CC(=O)C1[C@@H](CN)CCN1C(C)=O. The Kier molecular flexibility index (Phi) is 3.03. The molecule has 1 amide bonds. The number of rotatable bonds is 2. The van der Waals surface area contributed by atoms with Crippen molar-refractivity contribution in [2.75, 3.05) is 13.1 Å². The lowest BCUT2D eigenvalue weighted by Gasteiger charge is -2.24. The molecule has 1 unspecified atom stereocenters. The Bertz CT molecular complexity index is 228. The van der Waals surface area contributed by atoms with Crippen molar-refractivity contribution >= 4 is 11.7 Å². The van der Waals surface area contributed by atoms with Crippen LogP contribution >= 0.6 is 0 Å². The molecular weight excluding hydrogens is 168 g/mol. The van der Waals surface area contributed by atoms with Gasteiger partial charge in [-0.2, -0.15) is 0 Å². The summed E-state index contributed by atoms with van der Waals surface area (Å²) in [5.74, 6) is 0.167. The number of nitrogens with zero attached hydrogens (tertiary/aromatic N) is 1. The maximum atomic E-state index is 11.3. The Morgan fingerprint density at radius 2 is 2.08 bits per heavy atom. The Morgan fingerprint density at radius 3 is 2.46 bits per heavy atom. The lowest BCUT2D eigenvalue weighted by atomic mass is 9.98. The highest BCUT2D eigenvalue weighted by molar-refractivity contribution is 5.87. The fraction of sp³-hybridized carbons (Fsp3) is 0.778. The summed E-state index contributed by atoms with van der Waals surface area (Å²) in [7, 11) is 0. The van der Waals surface area contributed by atoms with Gasteiger partial charge in [-0.25, -0.2) is 0 Å². The molecule has 4 heteroatoms. The molecule has 0 aromatic heterocycles. The maximum Gasteiger partial charge on any atom is 0.220 e. The van der Waals surface area contributed by atoms with Gasteiger partial charge in [0.2, 0.25) is 5.91 Å². The fourth-order valence-electron chi connectivity index (χ4n) is 2.01. The van der Waals surface area contributed by atoms with Crippen LogP contribution in [0.1, 0.15) is 20.3 Å². The predicted molar refractivity (Wildman–Crippen MR) is 49.0 cm³/mol. The molecule has 0 radical (unpaired) electrons. The van der Waals surface area contributed by atoms with Gasteiger partial charge < -0.3 is 10.6 Å². The number of ketones is 1. The van der Waals surface area contributed by atoms with E-state index < -0.39 is 0 Å². The molecule has 2 N–H and O–H groups in total. The fourth-order valence-corrected chi connectivity index (χ4v) is 2.01. The topological polar surface area (TPSA) is 63.4 Å². The average Bonchev–Trinajstić information content (AvgIpc) is 2.46. The van der Waals surface area contributed by atoms with Crippen LogP contribution in [0.15, 0.2) is 0 Å². The lowest BCUT2D eigenvalue weighted by molar-refractivity contribution is -0.135. The van der Waals surface area contributed by atoms with Gasteiger partial charge in [-0.15, -0.1) is 0 Å². The van der Waals surface area contributed by atoms with Gasteiger partial charge in [-0.1, -0.05) is 0 Å². The number of nitrogens with two attached hydrogens (primary N) is 1. The van der Waals surface area contributed by atoms with Crippen LogP contribution in [0, 0.1) is 5.92 Å². The molecule has 4 nitrogen and oxygen atoms in total. The van der Waals surface area contributed by atoms with Crippen LogP contribution < -0.4 is 5.73 Å². The van der Waals surface area contributed by atoms with E-state index in [2.05, 4.69) is 0 Å². The second-order valence-electron chi connectivity index (χ2n) is 3.55. The average molecular weight is 184 g/mol. The zero-order chi connectivity index (χ0) is 10.0. The summed E-state index contributed by atoms with van der Waals surface area (Å²) < 4.78 is 0. The van der Waals surface area contributed by atoms with Gasteiger partial charge in [0.1, 0.15) is 0 Å². The molecule has 0 bridgehead atoms. The summed E-state index contributed by atoms with van der Waals surface area (Å²) in [6, 6.07) is -0.275. The molecule has 1 aliphatic rings. The summed E-state index contributed by atoms with van der Waals surface area (Å²) in [4.78, 5) is 24.1. The van der Waals surface area contributed by atoms with Crippen LogP contribution in [0.2, 0.25) is 0 Å². The minimum absolute atomic E-state index is 0.0313. The monoisotopic (exact) mass is 184 g/mol. The molecule has 0 aromatic rings. The van der Waals surface area contributed by atoms with Gasteiger partial charge in [-0.05, 0) is 19.9 Å². The van der Waals surface area contributed by atoms with E-state index in [1.165, 1.54) is 13.8 Å². The molecule has 1 rings (SSSR count). The normalized spacial score (nSPS) is 27.8. The van der Waals surface area contributed by atoms with E-state index in [4.69, 9.17) is 5.73 Å². The van der Waals surface area contributed by atoms with E-state index in [1.54, 1.807) is 4.90 Å². The lowest BCUT2D eigenvalue weighted by Crippen LogP contribution is -2.42. The first-order chi connectivity index (χ1) is 6.07. The van der Waals surface area contributed by atoms with Crippen LogP contribution in [0.25, 0.3) is 0 Å². The third kappa shape index (κ3) is 1.88. The standard InChI is InChI=1S/C9H16N2O2/c1-6(12)9-8(5-10)3-4-11(9)7(2)13/h8-9H,3-5,10H2,1-2H3/t8-,9?/m1/s1. The second-order valence-corrected chi connectivity index (χ2v) is 3.55. The van der Waals surface area contributed by atoms with Gasteiger partial charge in [-0.3, -0.25) is 9.59 Å². The number of carbonyl (C=O) groups excluding carboxylic acids is 2. The summed E-state index contributed by atoms with van der Waals surface area (Å²) in [6.07, 6.45) is 0.848. The summed E-state index contributed by atoms with van der Waals surface area (Å²) in [6.45, 7) is 4.17. The number of amides is 1. The largest absolute Gasteiger partial charge is 0.333 e. The van der Waals surface area contributed by atoms with Crippen molar-refractivity contribution in [3.05, 3.63) is 0 Å². The van der Waals surface area contributed by atoms with Gasteiger partial charge in [0.05, 0.1) is 6.04 Å². The molecule has 1 heterocycles. The molecule has 0 saturated carbocycles. The molecule has 0 spiro atoms. The molecule has 1 aliphatic heterocycles. The summed E-state index contributed by atoms with van der Waals surface area (Å²) in [5, 5.41) is 0. The quantitative estimate of drug-likeness (QED) is 0.645. The van der Waals surface area contributed by atoms with Crippen molar-refractivity contribution in [3.8, 4) is 0 Å². The number of hydrogen-bond donors (Lipinski definition) is 1. The Hall–Kier alpha value is -0.900. The minimum Gasteiger partial charge on any atom is -0.333 e. The highest BCUT2D eigenvalue weighted by Crippen LogP contribution is 2.24. The number of Topliss-reactive ketones (excluding diaryl/α,β-unsaturated/α-hetero) is 1. The second kappa shape index (κ2) is 3.87. The van der Waals surface area contributed by atoms with Crippen LogP contribution in [-0.4, -0.2) is 35.7 Å². The highest BCUT2D eigenvalue weighted by atomic mass is 16.2. The van der Waals surface area contributed by atoms with Gasteiger partial charge in [0.25, 0.3) is 0 Å². The Morgan fingerprint density at radius 1 is 1.46 bits per heavy atom. The summed E-state index contributed by atoms with van der Waals surface area (Å²) in [5.41, 5.74) is 5.53. The molecule has 1 fully saturated rings. The molecular formula is C9H16N2O2. The molecule has 0 aliphatic carbocycles. The van der Waals surface area contributed by atoms with Crippen LogP contribution in [0.3, 0.4) is 0 Å². The maximum absolute atomic E-state index is 11.3. The number of carbonyl (C=O) groups is 2. The van der Waals surface area contributed by atoms with Crippen molar-refractivity contribution < 1.29 is 9.59 Å². The van der Waals surface area contributed by atoms with E-state index in [9.17, 15) is 9.59 Å². The van der Waals surface area contributed by atoms with E-state index in [1.807, 2.05) is 0 Å². The zero-order valence-electron chi connectivity index (χ0n) is 8.12. The van der Waals surface area contributed by atoms with Crippen molar-refractivity contribution in [1.82, 2.24) is 4.90 Å². The third-order valence-corrected chi connectivity index (χ3v) is 2.65. The zero-order valence-corrected chi connectivity index (χ0v) is 8.12. The highest BCUT2D eigenvalue weighted by Gasteiger charge is 2.37. The minimum atomic E-state index is -0.275. The third-order valence-electron chi connectivity index (χ3n) is 2.65.